The Morgan fingerprint density at radius 3 is 2.48 bits per heavy atom. The molecule has 1 aliphatic rings. The van der Waals surface area contributed by atoms with Crippen molar-refractivity contribution in [3.63, 3.8) is 0 Å². The minimum atomic E-state index is -0.345. The lowest BCUT2D eigenvalue weighted by atomic mass is 10.0. The average molecular weight is 342 g/mol. The number of nitrogens with one attached hydrogen (secondary N) is 1. The van der Waals surface area contributed by atoms with Gasteiger partial charge in [0.15, 0.2) is 0 Å². The molecule has 0 aliphatic carbocycles. The Morgan fingerprint density at radius 2 is 1.76 bits per heavy atom. The number of hydrogen-bond acceptors (Lipinski definition) is 3. The van der Waals surface area contributed by atoms with Gasteiger partial charge < -0.3 is 10.1 Å². The summed E-state index contributed by atoms with van der Waals surface area (Å²) in [5, 5.41) is 3.07. The van der Waals surface area contributed by atoms with Crippen LogP contribution in [0.5, 0.6) is 0 Å². The molecule has 3 rings (SSSR count). The first-order chi connectivity index (χ1) is 12.2. The van der Waals surface area contributed by atoms with Crippen LogP contribution in [0.3, 0.4) is 0 Å². The van der Waals surface area contributed by atoms with E-state index in [9.17, 15) is 9.18 Å². The molecule has 0 bridgehead atoms. The molecule has 132 valence electrons. The topological polar surface area (TPSA) is 41.6 Å². The van der Waals surface area contributed by atoms with Crippen LogP contribution in [0, 0.1) is 5.82 Å². The summed E-state index contributed by atoms with van der Waals surface area (Å²) in [5.41, 5.74) is 1.47. The van der Waals surface area contributed by atoms with E-state index in [1.165, 1.54) is 6.07 Å². The second kappa shape index (κ2) is 8.74. The predicted octanol–water partition coefficient (Wildman–Crippen LogP) is 2.56. The quantitative estimate of drug-likeness (QED) is 0.877. The minimum absolute atomic E-state index is 0.0408. The number of halogens is 1. The Bertz CT molecular complexity index is 687. The average Bonchev–Trinajstić information content (AvgIpc) is 2.65. The van der Waals surface area contributed by atoms with Crippen LogP contribution in [-0.4, -0.2) is 43.7 Å². The first-order valence-corrected chi connectivity index (χ1v) is 8.60. The second-order valence-electron chi connectivity index (χ2n) is 6.21. The van der Waals surface area contributed by atoms with Gasteiger partial charge in [-0.3, -0.25) is 9.69 Å². The summed E-state index contributed by atoms with van der Waals surface area (Å²) < 4.78 is 19.2. The van der Waals surface area contributed by atoms with Gasteiger partial charge in [-0.2, -0.15) is 0 Å². The molecule has 1 aliphatic heterocycles. The molecule has 1 atom stereocenters. The maximum atomic E-state index is 13.8. The first kappa shape index (κ1) is 17.6. The van der Waals surface area contributed by atoms with Crippen LogP contribution in [0.15, 0.2) is 54.6 Å². The highest BCUT2D eigenvalue weighted by Crippen LogP contribution is 2.16. The zero-order valence-electron chi connectivity index (χ0n) is 14.2. The summed E-state index contributed by atoms with van der Waals surface area (Å²) in [6.45, 7) is 3.85. The van der Waals surface area contributed by atoms with E-state index in [-0.39, 0.29) is 24.2 Å². The van der Waals surface area contributed by atoms with Gasteiger partial charge in [-0.1, -0.05) is 48.5 Å². The van der Waals surface area contributed by atoms with E-state index in [0.29, 0.717) is 18.8 Å². The van der Waals surface area contributed by atoms with E-state index < -0.39 is 0 Å². The number of carbonyl (C=O) groups excluding carboxylic acids is 1. The largest absolute Gasteiger partial charge is 0.379 e. The summed E-state index contributed by atoms with van der Waals surface area (Å²) in [6.07, 6.45) is 0.0408. The molecule has 2 aromatic carbocycles. The molecular formula is C20H23FN2O2. The molecule has 2 aromatic rings. The monoisotopic (exact) mass is 342 g/mol. The van der Waals surface area contributed by atoms with Gasteiger partial charge in [0, 0.05) is 19.6 Å². The maximum Gasteiger partial charge on any atom is 0.225 e. The van der Waals surface area contributed by atoms with Crippen molar-refractivity contribution in [2.75, 3.05) is 32.8 Å². The lowest BCUT2D eigenvalue weighted by Gasteiger charge is -2.31. The molecule has 1 unspecified atom stereocenters. The second-order valence-corrected chi connectivity index (χ2v) is 6.21. The summed E-state index contributed by atoms with van der Waals surface area (Å²) in [4.78, 5) is 14.8. The number of rotatable bonds is 6. The van der Waals surface area contributed by atoms with E-state index in [1.807, 2.05) is 30.3 Å². The lowest BCUT2D eigenvalue weighted by molar-refractivity contribution is -0.121. The van der Waals surface area contributed by atoms with Gasteiger partial charge in [-0.25, -0.2) is 4.39 Å². The lowest BCUT2D eigenvalue weighted by Crippen LogP contribution is -2.43. The third-order valence-electron chi connectivity index (χ3n) is 4.39. The SMILES string of the molecule is O=C(Cc1ccccc1F)NC(CN1CCOCC1)c1ccccc1. The van der Waals surface area contributed by atoms with Crippen molar-refractivity contribution in [3.8, 4) is 0 Å². The van der Waals surface area contributed by atoms with E-state index in [0.717, 1.165) is 25.2 Å². The predicted molar refractivity (Wildman–Crippen MR) is 94.7 cm³/mol. The van der Waals surface area contributed by atoms with Crippen LogP contribution in [-0.2, 0) is 16.0 Å². The molecule has 4 nitrogen and oxygen atoms in total. The number of amides is 1. The van der Waals surface area contributed by atoms with Crippen LogP contribution < -0.4 is 5.32 Å². The smallest absolute Gasteiger partial charge is 0.225 e. The number of hydrogen-bond donors (Lipinski definition) is 1. The van der Waals surface area contributed by atoms with Crippen molar-refractivity contribution in [1.82, 2.24) is 10.2 Å². The Balaban J connectivity index is 1.68. The minimum Gasteiger partial charge on any atom is -0.379 e. The fourth-order valence-corrected chi connectivity index (χ4v) is 3.02. The molecule has 5 heteroatoms. The first-order valence-electron chi connectivity index (χ1n) is 8.60. The van der Waals surface area contributed by atoms with Crippen molar-refractivity contribution in [1.29, 1.82) is 0 Å². The third kappa shape index (κ3) is 5.11. The molecule has 1 heterocycles. The van der Waals surface area contributed by atoms with Crippen molar-refractivity contribution < 1.29 is 13.9 Å². The summed E-state index contributed by atoms with van der Waals surface area (Å²) in [7, 11) is 0. The Kier molecular flexibility index (Phi) is 6.14. The highest BCUT2D eigenvalue weighted by Gasteiger charge is 2.20. The Labute approximate surface area is 147 Å². The van der Waals surface area contributed by atoms with Gasteiger partial charge >= 0.3 is 0 Å². The Hall–Kier alpha value is -2.24. The molecule has 1 N–H and O–H groups in total. The van der Waals surface area contributed by atoms with Crippen molar-refractivity contribution >= 4 is 5.91 Å². The van der Waals surface area contributed by atoms with Gasteiger partial charge in [0.2, 0.25) is 5.91 Å². The van der Waals surface area contributed by atoms with Gasteiger partial charge in [0.1, 0.15) is 5.82 Å². The van der Waals surface area contributed by atoms with Crippen LogP contribution in [0.4, 0.5) is 4.39 Å². The van der Waals surface area contributed by atoms with Gasteiger partial charge in [0.25, 0.3) is 0 Å². The summed E-state index contributed by atoms with van der Waals surface area (Å²) >= 11 is 0. The molecule has 0 saturated carbocycles. The van der Waals surface area contributed by atoms with Crippen molar-refractivity contribution in [3.05, 3.63) is 71.5 Å². The van der Waals surface area contributed by atoms with Crippen molar-refractivity contribution in [2.45, 2.75) is 12.5 Å². The molecule has 1 amide bonds. The molecule has 0 spiro atoms. The fraction of sp³-hybridized carbons (Fsp3) is 0.350. The van der Waals surface area contributed by atoms with E-state index in [2.05, 4.69) is 10.2 Å². The fourth-order valence-electron chi connectivity index (χ4n) is 3.02. The van der Waals surface area contributed by atoms with Gasteiger partial charge in [-0.05, 0) is 17.2 Å². The number of morpholine rings is 1. The number of nitrogens with zero attached hydrogens (tertiary/aromatic N) is 1. The molecular weight excluding hydrogens is 319 g/mol. The number of ether oxygens (including phenoxy) is 1. The van der Waals surface area contributed by atoms with Crippen molar-refractivity contribution in [2.24, 2.45) is 0 Å². The summed E-state index contributed by atoms with van der Waals surface area (Å²) in [6, 6.07) is 16.2. The maximum absolute atomic E-state index is 13.8. The van der Waals surface area contributed by atoms with Gasteiger partial charge in [-0.15, -0.1) is 0 Å². The zero-order chi connectivity index (χ0) is 17.5. The third-order valence-corrected chi connectivity index (χ3v) is 4.39. The molecule has 0 radical (unpaired) electrons. The summed E-state index contributed by atoms with van der Waals surface area (Å²) in [5.74, 6) is -0.519. The van der Waals surface area contributed by atoms with Crippen LogP contribution in [0.25, 0.3) is 0 Å². The molecule has 1 saturated heterocycles. The van der Waals surface area contributed by atoms with Gasteiger partial charge in [0.05, 0.1) is 25.7 Å². The molecule has 1 fully saturated rings. The van der Waals surface area contributed by atoms with Crippen LogP contribution in [0.2, 0.25) is 0 Å². The highest BCUT2D eigenvalue weighted by molar-refractivity contribution is 5.79. The van der Waals surface area contributed by atoms with E-state index >= 15 is 0 Å². The van der Waals surface area contributed by atoms with Crippen LogP contribution in [0.1, 0.15) is 17.2 Å². The van der Waals surface area contributed by atoms with E-state index in [4.69, 9.17) is 4.74 Å². The Morgan fingerprint density at radius 1 is 1.08 bits per heavy atom. The molecule has 25 heavy (non-hydrogen) atoms. The van der Waals surface area contributed by atoms with Crippen LogP contribution >= 0.6 is 0 Å². The zero-order valence-corrected chi connectivity index (χ0v) is 14.2. The normalized spacial score (nSPS) is 16.4. The molecule has 0 aromatic heterocycles. The highest BCUT2D eigenvalue weighted by atomic mass is 19.1. The number of carbonyl (C=O) groups is 1. The van der Waals surface area contributed by atoms with E-state index in [1.54, 1.807) is 18.2 Å². The standard InChI is InChI=1S/C20H23FN2O2/c21-18-9-5-4-8-17(18)14-20(24)22-19(16-6-2-1-3-7-16)15-23-10-12-25-13-11-23/h1-9,19H,10-15H2,(H,22,24). The number of benzene rings is 2.